The fourth-order valence-corrected chi connectivity index (χ4v) is 0.523. The average Bonchev–Trinajstić information content (AvgIpc) is 1.87. The van der Waals surface area contributed by atoms with Gasteiger partial charge in [-0.1, -0.05) is 6.92 Å². The van der Waals surface area contributed by atoms with Crippen LogP contribution in [0.5, 0.6) is 0 Å². The number of aliphatic hydroxyl groups is 2. The van der Waals surface area contributed by atoms with Gasteiger partial charge in [-0.05, 0) is 18.9 Å². The summed E-state index contributed by atoms with van der Waals surface area (Å²) in [5, 5.41) is 17.4. The third-order valence-corrected chi connectivity index (χ3v) is 1.37. The Hall–Kier alpha value is -0.500. The van der Waals surface area contributed by atoms with E-state index in [4.69, 9.17) is 10.2 Å². The maximum Gasteiger partial charge on any atom is 0.0934 e. The van der Waals surface area contributed by atoms with E-state index >= 15 is 0 Å². The fraction of sp³-hybridized carbons (Fsp3) is 0.714. The highest BCUT2D eigenvalue weighted by atomic mass is 16.3. The number of allylic oxidation sites excluding steroid dienone is 1. The molecule has 0 radical (unpaired) electrons. The molecule has 2 heteroatoms. The quantitative estimate of drug-likeness (QED) is 0.570. The van der Waals surface area contributed by atoms with E-state index in [0.717, 1.165) is 12.0 Å². The summed E-state index contributed by atoms with van der Waals surface area (Å²) < 4.78 is 0. The first-order valence-corrected chi connectivity index (χ1v) is 3.20. The van der Waals surface area contributed by atoms with Crippen molar-refractivity contribution in [1.29, 1.82) is 0 Å². The second-order valence-electron chi connectivity index (χ2n) is 2.05. The summed E-state index contributed by atoms with van der Waals surface area (Å²) in [6, 6.07) is 0. The zero-order valence-electron chi connectivity index (χ0n) is 6.02. The molecule has 0 heterocycles. The van der Waals surface area contributed by atoms with E-state index in [9.17, 15) is 0 Å². The molecule has 0 rings (SSSR count). The fourth-order valence-electron chi connectivity index (χ4n) is 0.523. The highest BCUT2D eigenvalue weighted by Gasteiger charge is 1.95. The second-order valence-corrected chi connectivity index (χ2v) is 2.05. The van der Waals surface area contributed by atoms with Gasteiger partial charge < -0.3 is 10.2 Å². The summed E-state index contributed by atoms with van der Waals surface area (Å²) >= 11 is 0. The van der Waals surface area contributed by atoms with Crippen molar-refractivity contribution in [2.24, 2.45) is 0 Å². The summed E-state index contributed by atoms with van der Waals surface area (Å²) in [5.41, 5.74) is 0.962. The predicted octanol–water partition coefficient (Wildman–Crippen LogP) is 1.61. The van der Waals surface area contributed by atoms with Crippen LogP contribution in [-0.4, -0.2) is 16.8 Å². The van der Waals surface area contributed by atoms with Gasteiger partial charge in [0.25, 0.3) is 0 Å². The van der Waals surface area contributed by atoms with E-state index < -0.39 is 0 Å². The molecule has 0 saturated carbocycles. The van der Waals surface area contributed by atoms with Crippen LogP contribution in [0.1, 0.15) is 26.7 Å². The van der Waals surface area contributed by atoms with Gasteiger partial charge in [-0.25, -0.2) is 0 Å². The molecule has 0 aromatic rings. The normalized spacial score (nSPS) is 13.2. The Labute approximate surface area is 55.8 Å². The summed E-state index contributed by atoms with van der Waals surface area (Å²) in [4.78, 5) is 0. The van der Waals surface area contributed by atoms with Crippen LogP contribution in [0.3, 0.4) is 0 Å². The van der Waals surface area contributed by atoms with Crippen molar-refractivity contribution in [2.45, 2.75) is 26.7 Å². The van der Waals surface area contributed by atoms with Crippen molar-refractivity contribution in [3.05, 3.63) is 11.3 Å². The molecule has 0 aliphatic carbocycles. The molecule has 0 aromatic heterocycles. The van der Waals surface area contributed by atoms with Crippen LogP contribution in [-0.2, 0) is 0 Å². The number of aliphatic hydroxyl groups excluding tert-OH is 2. The van der Waals surface area contributed by atoms with Crippen LogP contribution in [0.25, 0.3) is 0 Å². The lowest BCUT2D eigenvalue weighted by atomic mass is 10.2. The van der Waals surface area contributed by atoms with Gasteiger partial charge in [0.1, 0.15) is 0 Å². The van der Waals surface area contributed by atoms with Gasteiger partial charge in [-0.2, -0.15) is 0 Å². The molecule has 0 saturated heterocycles. The third-order valence-electron chi connectivity index (χ3n) is 1.37. The van der Waals surface area contributed by atoms with Crippen molar-refractivity contribution < 1.29 is 10.2 Å². The van der Waals surface area contributed by atoms with Crippen molar-refractivity contribution in [2.75, 3.05) is 6.61 Å². The largest absolute Gasteiger partial charge is 0.512 e. The molecule has 0 atom stereocenters. The standard InChI is InChI=1S/C7H14O2/c1-3-6(2)7(9)4-5-8/h8-9H,3-5H2,1-2H3. The number of hydrogen-bond donors (Lipinski definition) is 2. The highest BCUT2D eigenvalue weighted by Crippen LogP contribution is 2.06. The molecule has 0 aliphatic rings. The zero-order valence-corrected chi connectivity index (χ0v) is 6.02. The van der Waals surface area contributed by atoms with Gasteiger partial charge in [0.2, 0.25) is 0 Å². The predicted molar refractivity (Wildman–Crippen MR) is 37.3 cm³/mol. The van der Waals surface area contributed by atoms with E-state index in [1.54, 1.807) is 0 Å². The van der Waals surface area contributed by atoms with Crippen LogP contribution in [0.2, 0.25) is 0 Å². The zero-order chi connectivity index (χ0) is 7.28. The first kappa shape index (κ1) is 8.50. The molecule has 0 aliphatic heterocycles. The first-order chi connectivity index (χ1) is 4.22. The SMILES string of the molecule is CCC(C)=C(O)CCO. The molecule has 54 valence electrons. The van der Waals surface area contributed by atoms with E-state index in [0.29, 0.717) is 12.2 Å². The highest BCUT2D eigenvalue weighted by molar-refractivity contribution is 5.03. The minimum atomic E-state index is 0.0309. The maximum absolute atomic E-state index is 9.04. The van der Waals surface area contributed by atoms with Crippen molar-refractivity contribution >= 4 is 0 Å². The minimum Gasteiger partial charge on any atom is -0.512 e. The Balaban J connectivity index is 3.78. The summed E-state index contributed by atoms with van der Waals surface area (Å²) in [6.45, 7) is 3.87. The third kappa shape index (κ3) is 3.14. The Morgan fingerprint density at radius 3 is 2.33 bits per heavy atom. The summed E-state index contributed by atoms with van der Waals surface area (Å²) in [6.07, 6.45) is 1.24. The van der Waals surface area contributed by atoms with Crippen LogP contribution in [0.15, 0.2) is 11.3 Å². The Kier molecular flexibility index (Phi) is 4.14. The van der Waals surface area contributed by atoms with Crippen LogP contribution in [0.4, 0.5) is 0 Å². The van der Waals surface area contributed by atoms with Crippen LogP contribution < -0.4 is 0 Å². The number of hydrogen-bond acceptors (Lipinski definition) is 2. The Morgan fingerprint density at radius 2 is 2.00 bits per heavy atom. The van der Waals surface area contributed by atoms with Gasteiger partial charge in [0.15, 0.2) is 0 Å². The number of rotatable bonds is 3. The molecule has 0 fully saturated rings. The van der Waals surface area contributed by atoms with Crippen LogP contribution >= 0.6 is 0 Å². The lowest BCUT2D eigenvalue weighted by molar-refractivity contribution is 0.266. The molecule has 0 amide bonds. The summed E-state index contributed by atoms with van der Waals surface area (Å²) in [5.74, 6) is 0.333. The van der Waals surface area contributed by atoms with Crippen molar-refractivity contribution in [1.82, 2.24) is 0 Å². The van der Waals surface area contributed by atoms with E-state index in [2.05, 4.69) is 0 Å². The van der Waals surface area contributed by atoms with Gasteiger partial charge in [-0.15, -0.1) is 0 Å². The molecular weight excluding hydrogens is 116 g/mol. The minimum absolute atomic E-state index is 0.0309. The monoisotopic (exact) mass is 130 g/mol. The smallest absolute Gasteiger partial charge is 0.0934 e. The Morgan fingerprint density at radius 1 is 1.44 bits per heavy atom. The van der Waals surface area contributed by atoms with Gasteiger partial charge in [-0.3, -0.25) is 0 Å². The lowest BCUT2D eigenvalue weighted by Gasteiger charge is -2.00. The van der Waals surface area contributed by atoms with E-state index in [-0.39, 0.29) is 6.61 Å². The van der Waals surface area contributed by atoms with E-state index in [1.165, 1.54) is 0 Å². The van der Waals surface area contributed by atoms with Gasteiger partial charge in [0, 0.05) is 6.42 Å². The Bertz CT molecular complexity index is 105. The molecule has 2 N–H and O–H groups in total. The second kappa shape index (κ2) is 4.39. The van der Waals surface area contributed by atoms with Gasteiger partial charge in [0.05, 0.1) is 12.4 Å². The van der Waals surface area contributed by atoms with Gasteiger partial charge >= 0.3 is 0 Å². The molecule has 0 aromatic carbocycles. The molecule has 0 bridgehead atoms. The molecule has 0 spiro atoms. The maximum atomic E-state index is 9.04. The lowest BCUT2D eigenvalue weighted by Crippen LogP contribution is -1.90. The van der Waals surface area contributed by atoms with E-state index in [1.807, 2.05) is 13.8 Å². The topological polar surface area (TPSA) is 40.5 Å². The first-order valence-electron chi connectivity index (χ1n) is 3.20. The molecule has 2 nitrogen and oxygen atoms in total. The molecule has 9 heavy (non-hydrogen) atoms. The molecule has 0 unspecified atom stereocenters. The summed E-state index contributed by atoms with van der Waals surface area (Å²) in [7, 11) is 0. The van der Waals surface area contributed by atoms with Crippen LogP contribution in [0, 0.1) is 0 Å². The average molecular weight is 130 g/mol. The van der Waals surface area contributed by atoms with Crippen molar-refractivity contribution in [3.63, 3.8) is 0 Å². The molecular formula is C7H14O2. The van der Waals surface area contributed by atoms with Crippen molar-refractivity contribution in [3.8, 4) is 0 Å².